The molecule has 42 heavy (non-hydrogen) atoms. The number of rotatable bonds is 8. The van der Waals surface area contributed by atoms with Crippen molar-refractivity contribution < 1.29 is 14.6 Å². The van der Waals surface area contributed by atoms with Crippen molar-refractivity contribution in [2.75, 3.05) is 12.4 Å². The first-order valence-electron chi connectivity index (χ1n) is 13.6. The molecule has 0 spiro atoms. The highest BCUT2D eigenvalue weighted by Gasteiger charge is 2.23. The first-order chi connectivity index (χ1) is 20.3. The van der Waals surface area contributed by atoms with E-state index in [0.29, 0.717) is 45.5 Å². The number of anilines is 1. The van der Waals surface area contributed by atoms with Crippen molar-refractivity contribution in [3.8, 4) is 28.3 Å². The molecule has 2 heterocycles. The van der Waals surface area contributed by atoms with Crippen LogP contribution < -0.4 is 20.9 Å². The highest BCUT2D eigenvalue weighted by Crippen LogP contribution is 2.41. The fraction of sp³-hybridized carbons (Fsp3) is 0.290. The van der Waals surface area contributed by atoms with Crippen LogP contribution in [0.25, 0.3) is 22.4 Å². The van der Waals surface area contributed by atoms with Crippen LogP contribution in [0.4, 0.5) is 5.69 Å². The van der Waals surface area contributed by atoms with E-state index in [4.69, 9.17) is 32.9 Å². The third-order valence-electron chi connectivity index (χ3n) is 7.48. The summed E-state index contributed by atoms with van der Waals surface area (Å²) in [4.78, 5) is 29.9. The summed E-state index contributed by atoms with van der Waals surface area (Å²) in [5.41, 5.74) is 3.18. The van der Waals surface area contributed by atoms with Crippen LogP contribution in [0, 0.1) is 0 Å². The van der Waals surface area contributed by atoms with Crippen molar-refractivity contribution in [3.05, 3.63) is 92.3 Å². The number of methoxy groups -OCH3 is 1. The van der Waals surface area contributed by atoms with Gasteiger partial charge in [-0.1, -0.05) is 72.4 Å². The van der Waals surface area contributed by atoms with Crippen LogP contribution in [0.2, 0.25) is 10.0 Å². The molecule has 1 aliphatic rings. The van der Waals surface area contributed by atoms with Crippen molar-refractivity contribution in [3.63, 3.8) is 0 Å². The van der Waals surface area contributed by atoms with Gasteiger partial charge in [-0.15, -0.1) is 0 Å². The van der Waals surface area contributed by atoms with Gasteiger partial charge in [-0.2, -0.15) is 5.10 Å². The average Bonchev–Trinajstić information content (AvgIpc) is 2.99. The van der Waals surface area contributed by atoms with Crippen molar-refractivity contribution in [2.24, 2.45) is 7.05 Å². The third-order valence-corrected chi connectivity index (χ3v) is 8.29. The van der Waals surface area contributed by atoms with E-state index in [2.05, 4.69) is 15.7 Å². The molecule has 9 nitrogen and oxygen atoms in total. The number of pyridine rings is 1. The van der Waals surface area contributed by atoms with Crippen LogP contribution in [0.15, 0.2) is 65.6 Å². The Morgan fingerprint density at radius 3 is 2.50 bits per heavy atom. The normalized spacial score (nSPS) is 16.7. The number of aliphatic hydroxyl groups is 1. The third kappa shape index (κ3) is 6.19. The summed E-state index contributed by atoms with van der Waals surface area (Å²) in [7, 11) is 3.05. The number of hydrogen-bond acceptors (Lipinski definition) is 7. The molecular weight excluding hydrogens is 577 g/mol. The Balaban J connectivity index is 1.41. The zero-order valence-electron chi connectivity index (χ0n) is 23.2. The molecular formula is C31H31Cl2N5O4. The Bertz CT molecular complexity index is 1680. The molecule has 0 saturated heterocycles. The lowest BCUT2D eigenvalue weighted by Gasteiger charge is -2.28. The van der Waals surface area contributed by atoms with Crippen LogP contribution in [0.5, 0.6) is 5.88 Å². The van der Waals surface area contributed by atoms with Crippen LogP contribution in [0.3, 0.4) is 0 Å². The van der Waals surface area contributed by atoms with Crippen LogP contribution >= 0.6 is 23.2 Å². The van der Waals surface area contributed by atoms with Crippen LogP contribution in [-0.4, -0.2) is 45.0 Å². The molecule has 1 amide bonds. The number of aryl methyl sites for hydroxylation is 1. The van der Waals surface area contributed by atoms with E-state index in [1.54, 1.807) is 25.3 Å². The Kier molecular flexibility index (Phi) is 9.23. The lowest BCUT2D eigenvalue weighted by atomic mass is 9.92. The molecule has 0 bridgehead atoms. The molecule has 2 aromatic carbocycles. The first kappa shape index (κ1) is 29.7. The number of nitrogens with one attached hydrogen (secondary N) is 2. The molecule has 218 valence electrons. The van der Waals surface area contributed by atoms with E-state index in [9.17, 15) is 14.7 Å². The van der Waals surface area contributed by atoms with Gasteiger partial charge < -0.3 is 20.5 Å². The number of halogens is 2. The number of benzene rings is 2. The first-order valence-corrected chi connectivity index (χ1v) is 14.4. The van der Waals surface area contributed by atoms with Crippen LogP contribution in [0.1, 0.15) is 41.6 Å². The standard InChI is InChI=1S/C31H31Cl2N5O4/c1-38-31(41)22(15-16-35-38)29(40)36-25-11-6-8-20(28(25)33)19-7-5-9-21(27(19)32)23-14-13-18(30(37-23)42-2)17-34-24-10-3-4-12-26(24)39/h5-9,11,13-16,24,26,34,39H,3-4,10,12,17H2,1-2H3,(H,36,40)/t24-,26+/m1/s1. The molecule has 2 atom stereocenters. The topological polar surface area (TPSA) is 118 Å². The van der Waals surface area contributed by atoms with Gasteiger partial charge in [0.1, 0.15) is 5.56 Å². The molecule has 1 aliphatic carbocycles. The highest BCUT2D eigenvalue weighted by molar-refractivity contribution is 6.39. The largest absolute Gasteiger partial charge is 0.481 e. The molecule has 1 saturated carbocycles. The number of aromatic nitrogens is 3. The monoisotopic (exact) mass is 607 g/mol. The number of nitrogens with zero attached hydrogens (tertiary/aromatic N) is 3. The molecule has 5 rings (SSSR count). The Labute approximate surface area is 253 Å². The van der Waals surface area contributed by atoms with Gasteiger partial charge in [-0.05, 0) is 31.0 Å². The van der Waals surface area contributed by atoms with E-state index in [0.717, 1.165) is 35.9 Å². The maximum atomic E-state index is 12.9. The predicted octanol–water partition coefficient (Wildman–Crippen LogP) is 5.47. The summed E-state index contributed by atoms with van der Waals surface area (Å²) in [5.74, 6) is -0.127. The van der Waals surface area contributed by atoms with E-state index >= 15 is 0 Å². The van der Waals surface area contributed by atoms with E-state index in [1.807, 2.05) is 30.3 Å². The summed E-state index contributed by atoms with van der Waals surface area (Å²) in [6.07, 6.45) is 4.93. The van der Waals surface area contributed by atoms with Gasteiger partial charge in [0.25, 0.3) is 11.5 Å². The van der Waals surface area contributed by atoms with Crippen LogP contribution in [-0.2, 0) is 13.6 Å². The van der Waals surface area contributed by atoms with Crippen molar-refractivity contribution in [1.82, 2.24) is 20.1 Å². The summed E-state index contributed by atoms with van der Waals surface area (Å²) in [5, 5.41) is 21.0. The summed E-state index contributed by atoms with van der Waals surface area (Å²) < 4.78 is 6.70. The number of carbonyl (C=O) groups excluding carboxylic acids is 1. The van der Waals surface area contributed by atoms with E-state index < -0.39 is 11.5 Å². The minimum absolute atomic E-state index is 0.0506. The minimum atomic E-state index is -0.597. The van der Waals surface area contributed by atoms with E-state index in [-0.39, 0.29) is 22.7 Å². The Morgan fingerprint density at radius 1 is 1.02 bits per heavy atom. The van der Waals surface area contributed by atoms with Gasteiger partial charge in [0.05, 0.1) is 34.6 Å². The molecule has 2 aromatic heterocycles. The number of carbonyl (C=O) groups is 1. The lowest BCUT2D eigenvalue weighted by molar-refractivity contribution is 0.0901. The zero-order chi connectivity index (χ0) is 29.8. The van der Waals surface area contributed by atoms with Gasteiger partial charge in [0.15, 0.2) is 0 Å². The molecule has 0 aliphatic heterocycles. The van der Waals surface area contributed by atoms with Gasteiger partial charge in [0, 0.05) is 48.1 Å². The number of hydrogen-bond donors (Lipinski definition) is 3. The van der Waals surface area contributed by atoms with E-state index in [1.165, 1.54) is 19.3 Å². The minimum Gasteiger partial charge on any atom is -0.481 e. The van der Waals surface area contributed by atoms with Gasteiger partial charge in [0.2, 0.25) is 5.88 Å². The summed E-state index contributed by atoms with van der Waals surface area (Å²) >= 11 is 13.7. The second kappa shape index (κ2) is 13.0. The molecule has 3 N–H and O–H groups in total. The average molecular weight is 609 g/mol. The molecule has 0 radical (unpaired) electrons. The smallest absolute Gasteiger partial charge is 0.279 e. The lowest BCUT2D eigenvalue weighted by Crippen LogP contribution is -2.41. The number of aliphatic hydroxyl groups excluding tert-OH is 1. The maximum Gasteiger partial charge on any atom is 0.279 e. The molecule has 11 heteroatoms. The molecule has 1 fully saturated rings. The fourth-order valence-electron chi connectivity index (χ4n) is 5.16. The summed E-state index contributed by atoms with van der Waals surface area (Å²) in [6.45, 7) is 0.520. The Hall–Kier alpha value is -3.76. The predicted molar refractivity (Wildman–Crippen MR) is 164 cm³/mol. The SMILES string of the molecule is COc1nc(-c2cccc(-c3cccc(NC(=O)c4ccnn(C)c4=O)c3Cl)c2Cl)ccc1CN[C@@H]1CCCC[C@@H]1O. The fourth-order valence-corrected chi connectivity index (χ4v) is 5.76. The maximum absolute atomic E-state index is 12.9. The van der Waals surface area contributed by atoms with Gasteiger partial charge >= 0.3 is 0 Å². The van der Waals surface area contributed by atoms with Crippen molar-refractivity contribution in [1.29, 1.82) is 0 Å². The number of amides is 1. The Morgan fingerprint density at radius 2 is 1.74 bits per heavy atom. The highest BCUT2D eigenvalue weighted by atomic mass is 35.5. The number of ether oxygens (including phenoxy) is 1. The zero-order valence-corrected chi connectivity index (χ0v) is 24.7. The quantitative estimate of drug-likeness (QED) is 0.243. The second-order valence-corrected chi connectivity index (χ2v) is 10.9. The second-order valence-electron chi connectivity index (χ2n) is 10.2. The summed E-state index contributed by atoms with van der Waals surface area (Å²) in [6, 6.07) is 16.0. The van der Waals surface area contributed by atoms with Gasteiger partial charge in [-0.25, -0.2) is 9.67 Å². The van der Waals surface area contributed by atoms with Gasteiger partial charge in [-0.3, -0.25) is 9.59 Å². The molecule has 4 aromatic rings. The van der Waals surface area contributed by atoms with Crippen molar-refractivity contribution >= 4 is 34.8 Å². The molecule has 0 unspecified atom stereocenters. The van der Waals surface area contributed by atoms with Crippen molar-refractivity contribution in [2.45, 2.75) is 44.4 Å².